The summed E-state index contributed by atoms with van der Waals surface area (Å²) in [6, 6.07) is 2.23. The molecule has 2 atom stereocenters. The lowest BCUT2D eigenvalue weighted by Crippen LogP contribution is -2.45. The zero-order chi connectivity index (χ0) is 15.7. The Labute approximate surface area is 128 Å². The molecule has 0 bridgehead atoms. The summed E-state index contributed by atoms with van der Waals surface area (Å²) in [6.45, 7) is 7.38. The average Bonchev–Trinajstić information content (AvgIpc) is 2.69. The summed E-state index contributed by atoms with van der Waals surface area (Å²) in [7, 11) is 0. The summed E-state index contributed by atoms with van der Waals surface area (Å²) < 4.78 is 0. The van der Waals surface area contributed by atoms with Crippen LogP contribution in [0.3, 0.4) is 0 Å². The Bertz CT molecular complexity index is 429. The maximum atomic E-state index is 12.8. The van der Waals surface area contributed by atoms with E-state index in [-0.39, 0.29) is 17.2 Å². The van der Waals surface area contributed by atoms with Crippen LogP contribution in [0, 0.1) is 28.1 Å². The minimum absolute atomic E-state index is 0.0263. The second-order valence-electron chi connectivity index (χ2n) is 7.89. The Hall–Kier alpha value is -1.08. The van der Waals surface area contributed by atoms with Crippen molar-refractivity contribution in [2.24, 2.45) is 16.7 Å². The Morgan fingerprint density at radius 1 is 1.33 bits per heavy atom. The van der Waals surface area contributed by atoms with E-state index in [9.17, 15) is 15.2 Å². The first kappa shape index (κ1) is 16.3. The van der Waals surface area contributed by atoms with Crippen LogP contribution in [0.2, 0.25) is 0 Å². The van der Waals surface area contributed by atoms with Gasteiger partial charge in [0.05, 0.1) is 12.2 Å². The molecule has 1 aliphatic heterocycles. The zero-order valence-electron chi connectivity index (χ0n) is 13.6. The number of aliphatic hydroxyl groups excluding tert-OH is 1. The fourth-order valence-corrected chi connectivity index (χ4v) is 3.72. The van der Waals surface area contributed by atoms with Gasteiger partial charge in [0.15, 0.2) is 5.41 Å². The molecule has 0 aromatic rings. The Morgan fingerprint density at radius 3 is 2.48 bits per heavy atom. The molecular weight excluding hydrogens is 264 g/mol. The second kappa shape index (κ2) is 5.96. The van der Waals surface area contributed by atoms with E-state index in [4.69, 9.17) is 0 Å². The van der Waals surface area contributed by atoms with Crippen LogP contribution >= 0.6 is 0 Å². The van der Waals surface area contributed by atoms with Crippen LogP contribution in [0.1, 0.15) is 59.3 Å². The molecule has 4 nitrogen and oxygen atoms in total. The third-order valence-electron chi connectivity index (χ3n) is 5.13. The number of nitrogens with zero attached hydrogens (tertiary/aromatic N) is 2. The fourth-order valence-electron chi connectivity index (χ4n) is 3.72. The van der Waals surface area contributed by atoms with Gasteiger partial charge in [-0.25, -0.2) is 0 Å². The van der Waals surface area contributed by atoms with Crippen molar-refractivity contribution in [1.29, 1.82) is 5.26 Å². The highest BCUT2D eigenvalue weighted by Gasteiger charge is 2.58. The van der Waals surface area contributed by atoms with E-state index in [1.165, 1.54) is 6.42 Å². The van der Waals surface area contributed by atoms with Gasteiger partial charge in [-0.2, -0.15) is 5.26 Å². The first-order valence-corrected chi connectivity index (χ1v) is 8.20. The average molecular weight is 292 g/mol. The molecular formula is C17H28N2O2. The highest BCUT2D eigenvalue weighted by atomic mass is 16.3. The number of carbonyl (C=O) groups is 1. The number of amides is 1. The molecule has 0 aromatic carbocycles. The van der Waals surface area contributed by atoms with Gasteiger partial charge in [0.25, 0.3) is 0 Å². The summed E-state index contributed by atoms with van der Waals surface area (Å²) in [5.74, 6) is -0.105. The maximum absolute atomic E-state index is 12.8. The lowest BCUT2D eigenvalue weighted by atomic mass is 9.67. The molecule has 1 amide bonds. The zero-order valence-corrected chi connectivity index (χ0v) is 13.6. The molecule has 1 heterocycles. The quantitative estimate of drug-likeness (QED) is 0.870. The standard InChI is InChI=1S/C17H28N2O2/c1-16(2,3)9-10-19-11-14(20)17(12-18,15(19)21)13-7-5-4-6-8-13/h13-14,20H,4-11H2,1-3H3. The topological polar surface area (TPSA) is 64.3 Å². The SMILES string of the molecule is CC(C)(C)CCN1CC(O)C(C#N)(C2CCCCC2)C1=O. The first-order valence-electron chi connectivity index (χ1n) is 8.20. The third-order valence-corrected chi connectivity index (χ3v) is 5.13. The Balaban J connectivity index is 2.15. The van der Waals surface area contributed by atoms with Crippen molar-refractivity contribution in [2.75, 3.05) is 13.1 Å². The largest absolute Gasteiger partial charge is 0.389 e. The number of rotatable bonds is 3. The number of β-amino-alcohol motifs (C(OH)–C–C–N with tert-alkyl or cyclic N) is 1. The summed E-state index contributed by atoms with van der Waals surface area (Å²) in [5.41, 5.74) is -1.04. The summed E-state index contributed by atoms with van der Waals surface area (Å²) in [5, 5.41) is 20.2. The highest BCUT2D eigenvalue weighted by Crippen LogP contribution is 2.45. The molecule has 2 aliphatic rings. The van der Waals surface area contributed by atoms with Gasteiger partial charge in [0, 0.05) is 13.1 Å². The van der Waals surface area contributed by atoms with E-state index in [1.807, 2.05) is 0 Å². The molecule has 21 heavy (non-hydrogen) atoms. The van der Waals surface area contributed by atoms with E-state index >= 15 is 0 Å². The summed E-state index contributed by atoms with van der Waals surface area (Å²) in [6.07, 6.45) is 5.14. The van der Waals surface area contributed by atoms with Gasteiger partial charge in [-0.15, -0.1) is 0 Å². The third kappa shape index (κ3) is 3.08. The van der Waals surface area contributed by atoms with Crippen molar-refractivity contribution in [2.45, 2.75) is 65.4 Å². The van der Waals surface area contributed by atoms with Gasteiger partial charge >= 0.3 is 0 Å². The molecule has 2 unspecified atom stereocenters. The number of likely N-dealkylation sites (tertiary alicyclic amines) is 1. The maximum Gasteiger partial charge on any atom is 0.246 e. The molecule has 118 valence electrons. The summed E-state index contributed by atoms with van der Waals surface area (Å²) in [4.78, 5) is 14.5. The second-order valence-corrected chi connectivity index (χ2v) is 7.89. The van der Waals surface area contributed by atoms with Gasteiger partial charge in [0.2, 0.25) is 5.91 Å². The smallest absolute Gasteiger partial charge is 0.246 e. The number of nitriles is 1. The van der Waals surface area contributed by atoms with Crippen molar-refractivity contribution in [1.82, 2.24) is 4.90 Å². The molecule has 1 saturated heterocycles. The van der Waals surface area contributed by atoms with Gasteiger partial charge in [0.1, 0.15) is 0 Å². The van der Waals surface area contributed by atoms with Crippen molar-refractivity contribution < 1.29 is 9.90 Å². The molecule has 2 fully saturated rings. The van der Waals surface area contributed by atoms with Crippen LogP contribution in [0.4, 0.5) is 0 Å². The number of hydrogen-bond acceptors (Lipinski definition) is 3. The van der Waals surface area contributed by atoms with Crippen molar-refractivity contribution >= 4 is 5.91 Å². The van der Waals surface area contributed by atoms with Crippen LogP contribution in [-0.4, -0.2) is 35.1 Å². The fraction of sp³-hybridized carbons (Fsp3) is 0.882. The molecule has 0 radical (unpaired) electrons. The number of hydrogen-bond donors (Lipinski definition) is 1. The van der Waals surface area contributed by atoms with Gasteiger partial charge in [-0.1, -0.05) is 40.0 Å². The van der Waals surface area contributed by atoms with Gasteiger partial charge in [-0.3, -0.25) is 4.79 Å². The van der Waals surface area contributed by atoms with Crippen molar-refractivity contribution in [3.8, 4) is 6.07 Å². The van der Waals surface area contributed by atoms with E-state index in [2.05, 4.69) is 26.8 Å². The van der Waals surface area contributed by atoms with E-state index in [0.29, 0.717) is 13.1 Å². The predicted octanol–water partition coefficient (Wildman–Crippen LogP) is 2.72. The molecule has 4 heteroatoms. The Morgan fingerprint density at radius 2 is 1.95 bits per heavy atom. The first-order chi connectivity index (χ1) is 9.81. The molecule has 1 aliphatic carbocycles. The lowest BCUT2D eigenvalue weighted by molar-refractivity contribution is -0.138. The summed E-state index contributed by atoms with van der Waals surface area (Å²) >= 11 is 0. The minimum atomic E-state index is -1.18. The van der Waals surface area contributed by atoms with Crippen molar-refractivity contribution in [3.05, 3.63) is 0 Å². The van der Waals surface area contributed by atoms with E-state index < -0.39 is 11.5 Å². The molecule has 1 N–H and O–H groups in total. The Kier molecular flexibility index (Phi) is 4.63. The van der Waals surface area contributed by atoms with Gasteiger partial charge < -0.3 is 10.0 Å². The number of aliphatic hydroxyl groups is 1. The molecule has 0 aromatic heterocycles. The predicted molar refractivity (Wildman–Crippen MR) is 81.3 cm³/mol. The minimum Gasteiger partial charge on any atom is -0.389 e. The van der Waals surface area contributed by atoms with Crippen LogP contribution < -0.4 is 0 Å². The molecule has 0 spiro atoms. The van der Waals surface area contributed by atoms with E-state index in [0.717, 1.165) is 32.1 Å². The number of carbonyl (C=O) groups excluding carboxylic acids is 1. The van der Waals surface area contributed by atoms with Crippen LogP contribution in [-0.2, 0) is 4.79 Å². The molecule has 2 rings (SSSR count). The lowest BCUT2D eigenvalue weighted by Gasteiger charge is -2.34. The van der Waals surface area contributed by atoms with Crippen LogP contribution in [0.15, 0.2) is 0 Å². The normalized spacial score (nSPS) is 31.5. The monoisotopic (exact) mass is 292 g/mol. The van der Waals surface area contributed by atoms with Crippen LogP contribution in [0.25, 0.3) is 0 Å². The van der Waals surface area contributed by atoms with Crippen LogP contribution in [0.5, 0.6) is 0 Å². The van der Waals surface area contributed by atoms with E-state index in [1.54, 1.807) is 4.90 Å². The molecule has 1 saturated carbocycles. The highest BCUT2D eigenvalue weighted by molar-refractivity contribution is 5.89. The van der Waals surface area contributed by atoms with Gasteiger partial charge in [-0.05, 0) is 30.6 Å². The van der Waals surface area contributed by atoms with Crippen molar-refractivity contribution in [3.63, 3.8) is 0 Å².